The van der Waals surface area contributed by atoms with E-state index in [0.717, 1.165) is 22.5 Å². The van der Waals surface area contributed by atoms with Crippen molar-refractivity contribution in [3.05, 3.63) is 42.2 Å². The number of fused-ring (bicyclic) bond motifs is 1. The minimum atomic E-state index is -1.10. The monoisotopic (exact) mass is 277 g/mol. The molecule has 2 unspecified atom stereocenters. The Morgan fingerprint density at radius 2 is 2.05 bits per heavy atom. The van der Waals surface area contributed by atoms with Gasteiger partial charge in [-0.05, 0) is 11.5 Å². The van der Waals surface area contributed by atoms with Crippen LogP contribution in [-0.2, 0) is 4.79 Å². The molecule has 2 rings (SSSR count). The Balaban J connectivity index is 2.25. The van der Waals surface area contributed by atoms with Gasteiger partial charge in [0.15, 0.2) is 5.12 Å². The lowest BCUT2D eigenvalue weighted by Crippen LogP contribution is -2.22. The van der Waals surface area contributed by atoms with E-state index in [-0.39, 0.29) is 10.9 Å². The lowest BCUT2D eigenvalue weighted by molar-refractivity contribution is -0.109. The zero-order valence-electron chi connectivity index (χ0n) is 10.5. The predicted molar refractivity (Wildman–Crippen MR) is 75.8 cm³/mol. The topological polar surface area (TPSA) is 70.4 Å². The molecule has 5 heteroatoms. The number of hydrogen-bond donors (Lipinski definition) is 2. The Morgan fingerprint density at radius 3 is 2.79 bits per heavy atom. The minimum Gasteiger partial charge on any atom is -0.389 e. The van der Waals surface area contributed by atoms with Crippen LogP contribution < -0.4 is 0 Å². The third-order valence-corrected chi connectivity index (χ3v) is 3.72. The largest absolute Gasteiger partial charge is 0.389 e. The summed E-state index contributed by atoms with van der Waals surface area (Å²) in [6, 6.07) is 9.38. The summed E-state index contributed by atoms with van der Waals surface area (Å²) in [5.41, 5.74) is 0.440. The van der Waals surface area contributed by atoms with Gasteiger partial charge in [-0.3, -0.25) is 9.78 Å². The number of benzene rings is 1. The highest BCUT2D eigenvalue weighted by Crippen LogP contribution is 2.25. The smallest absolute Gasteiger partial charge is 0.185 e. The van der Waals surface area contributed by atoms with Gasteiger partial charge in [-0.15, -0.1) is 0 Å². The molecular formula is C14H15NO3S. The first-order valence-corrected chi connectivity index (χ1v) is 6.91. The van der Waals surface area contributed by atoms with Crippen LogP contribution in [0.5, 0.6) is 0 Å². The molecule has 0 amide bonds. The van der Waals surface area contributed by atoms with Gasteiger partial charge in [-0.1, -0.05) is 36.0 Å². The van der Waals surface area contributed by atoms with E-state index in [1.165, 1.54) is 6.92 Å². The van der Waals surface area contributed by atoms with Crippen molar-refractivity contribution in [2.75, 3.05) is 5.75 Å². The maximum Gasteiger partial charge on any atom is 0.185 e. The first-order chi connectivity index (χ1) is 9.09. The number of carbonyl (C=O) groups is 1. The van der Waals surface area contributed by atoms with Crippen molar-refractivity contribution in [2.45, 2.75) is 19.1 Å². The molecule has 1 aromatic carbocycles. The Bertz CT molecular complexity index is 582. The molecule has 0 aliphatic rings. The second-order valence-electron chi connectivity index (χ2n) is 4.23. The third kappa shape index (κ3) is 3.32. The van der Waals surface area contributed by atoms with Crippen LogP contribution in [-0.4, -0.2) is 32.2 Å². The second-order valence-corrected chi connectivity index (χ2v) is 5.43. The molecule has 0 aliphatic carbocycles. The molecule has 0 saturated heterocycles. The van der Waals surface area contributed by atoms with Gasteiger partial charge in [0, 0.05) is 24.3 Å². The molecule has 0 radical (unpaired) electrons. The van der Waals surface area contributed by atoms with Crippen molar-refractivity contribution < 1.29 is 15.0 Å². The van der Waals surface area contributed by atoms with E-state index >= 15 is 0 Å². The van der Waals surface area contributed by atoms with Gasteiger partial charge in [0.2, 0.25) is 0 Å². The maximum absolute atomic E-state index is 10.9. The summed E-state index contributed by atoms with van der Waals surface area (Å²) in [5.74, 6) is 0.154. The number of aliphatic hydroxyl groups is 2. The average molecular weight is 277 g/mol. The van der Waals surface area contributed by atoms with Crippen molar-refractivity contribution in [3.63, 3.8) is 0 Å². The number of hydrogen-bond acceptors (Lipinski definition) is 5. The molecule has 2 atom stereocenters. The molecule has 2 aromatic rings. The summed E-state index contributed by atoms with van der Waals surface area (Å²) >= 11 is 0.991. The molecule has 19 heavy (non-hydrogen) atoms. The van der Waals surface area contributed by atoms with Crippen molar-refractivity contribution in [1.82, 2.24) is 4.98 Å². The van der Waals surface area contributed by atoms with Crippen LogP contribution in [0.3, 0.4) is 0 Å². The van der Waals surface area contributed by atoms with Crippen molar-refractivity contribution in [1.29, 1.82) is 0 Å². The molecular weight excluding hydrogens is 262 g/mol. The fourth-order valence-electron chi connectivity index (χ4n) is 1.85. The Morgan fingerprint density at radius 1 is 1.32 bits per heavy atom. The zero-order valence-corrected chi connectivity index (χ0v) is 11.3. The third-order valence-electron chi connectivity index (χ3n) is 2.81. The molecule has 2 N–H and O–H groups in total. The summed E-state index contributed by atoms with van der Waals surface area (Å²) in [6.45, 7) is 1.43. The van der Waals surface area contributed by atoms with Crippen LogP contribution in [0.4, 0.5) is 0 Å². The number of carbonyl (C=O) groups excluding carboxylic acids is 1. The minimum absolute atomic E-state index is 0.0860. The van der Waals surface area contributed by atoms with Crippen LogP contribution in [0.25, 0.3) is 10.8 Å². The molecule has 0 aliphatic heterocycles. The highest BCUT2D eigenvalue weighted by atomic mass is 32.2. The van der Waals surface area contributed by atoms with Crippen LogP contribution in [0.2, 0.25) is 0 Å². The molecule has 1 aromatic heterocycles. The van der Waals surface area contributed by atoms with Gasteiger partial charge in [-0.25, -0.2) is 0 Å². The van der Waals surface area contributed by atoms with E-state index < -0.39 is 12.2 Å². The van der Waals surface area contributed by atoms with Crippen LogP contribution in [0.15, 0.2) is 36.5 Å². The first kappa shape index (κ1) is 14.0. The quantitative estimate of drug-likeness (QED) is 0.893. The average Bonchev–Trinajstić information content (AvgIpc) is 2.43. The summed E-state index contributed by atoms with van der Waals surface area (Å²) in [4.78, 5) is 15.0. The van der Waals surface area contributed by atoms with Crippen molar-refractivity contribution in [3.8, 4) is 0 Å². The lowest BCUT2D eigenvalue weighted by Gasteiger charge is -2.18. The molecule has 1 heterocycles. The van der Waals surface area contributed by atoms with E-state index in [0.29, 0.717) is 5.69 Å². The summed E-state index contributed by atoms with van der Waals surface area (Å²) in [5, 5.41) is 21.8. The predicted octanol–water partition coefficient (Wildman–Crippen LogP) is 1.91. The van der Waals surface area contributed by atoms with Crippen LogP contribution in [0.1, 0.15) is 18.7 Å². The van der Waals surface area contributed by atoms with Gasteiger partial charge in [-0.2, -0.15) is 0 Å². The number of aromatic nitrogens is 1. The first-order valence-electron chi connectivity index (χ1n) is 5.92. The standard InChI is InChI=1S/C14H15NO3S/c1-9(16)19-8-12(17)14(18)13-11-5-3-2-4-10(11)6-7-15-13/h2-7,12,14,17-18H,8H2,1H3. The van der Waals surface area contributed by atoms with E-state index in [4.69, 9.17) is 0 Å². The Kier molecular flexibility index (Phi) is 4.52. The highest BCUT2D eigenvalue weighted by molar-refractivity contribution is 8.13. The number of thioether (sulfide) groups is 1. The second kappa shape index (κ2) is 6.14. The molecule has 100 valence electrons. The van der Waals surface area contributed by atoms with Crippen molar-refractivity contribution in [2.24, 2.45) is 0 Å². The number of rotatable bonds is 4. The van der Waals surface area contributed by atoms with Crippen LogP contribution >= 0.6 is 11.8 Å². The molecule has 0 spiro atoms. The zero-order chi connectivity index (χ0) is 13.8. The van der Waals surface area contributed by atoms with E-state index in [9.17, 15) is 15.0 Å². The number of nitrogens with zero attached hydrogens (tertiary/aromatic N) is 1. The Labute approximate surface area is 115 Å². The van der Waals surface area contributed by atoms with Gasteiger partial charge < -0.3 is 10.2 Å². The maximum atomic E-state index is 10.9. The molecule has 4 nitrogen and oxygen atoms in total. The van der Waals surface area contributed by atoms with E-state index in [1.54, 1.807) is 6.20 Å². The highest BCUT2D eigenvalue weighted by Gasteiger charge is 2.22. The lowest BCUT2D eigenvalue weighted by atomic mass is 10.0. The van der Waals surface area contributed by atoms with Gasteiger partial charge in [0.25, 0.3) is 0 Å². The summed E-state index contributed by atoms with van der Waals surface area (Å²) in [6.07, 6.45) is -0.517. The molecule has 0 fully saturated rings. The van der Waals surface area contributed by atoms with E-state index in [2.05, 4.69) is 4.98 Å². The van der Waals surface area contributed by atoms with Gasteiger partial charge in [0.1, 0.15) is 6.10 Å². The number of pyridine rings is 1. The van der Waals surface area contributed by atoms with Crippen molar-refractivity contribution >= 4 is 27.6 Å². The number of aliphatic hydroxyl groups excluding tert-OH is 2. The fourth-order valence-corrected chi connectivity index (χ4v) is 2.44. The Hall–Kier alpha value is -1.43. The van der Waals surface area contributed by atoms with Gasteiger partial charge in [0.05, 0.1) is 11.8 Å². The fraction of sp³-hybridized carbons (Fsp3) is 0.286. The van der Waals surface area contributed by atoms with E-state index in [1.807, 2.05) is 30.3 Å². The van der Waals surface area contributed by atoms with Gasteiger partial charge >= 0.3 is 0 Å². The molecule has 0 saturated carbocycles. The molecule has 0 bridgehead atoms. The summed E-state index contributed by atoms with van der Waals surface area (Å²) < 4.78 is 0. The normalized spacial score (nSPS) is 14.3. The SMILES string of the molecule is CC(=O)SCC(O)C(O)c1nccc2ccccc12. The summed E-state index contributed by atoms with van der Waals surface area (Å²) in [7, 11) is 0. The van der Waals surface area contributed by atoms with Crippen LogP contribution in [0, 0.1) is 0 Å².